The molecule has 1 aliphatic rings. The molecule has 0 aliphatic carbocycles. The van der Waals surface area contributed by atoms with Crippen LogP contribution in [-0.4, -0.2) is 50.3 Å². The summed E-state index contributed by atoms with van der Waals surface area (Å²) in [6.07, 6.45) is 2.15. The number of carbonyl (C=O) groups excluding carboxylic acids is 1. The highest BCUT2D eigenvalue weighted by molar-refractivity contribution is 6.28. The first-order valence-electron chi connectivity index (χ1n) is 10.6. The standard InChI is InChI=1S/C24H27N6O/c1-5-6-15-30(4)16(2)22(17(3)31)23(27-30)19-13-11-18(12-14-19)20-9-7-8-10-21(20)24-25-28-29-26-24/h7-14H,5-6,15H2,1-4H3,(H,25,26,28,29)/q+1. The third-order valence-electron chi connectivity index (χ3n) is 5.92. The number of carbonyl (C=O) groups is 1. The van der Waals surface area contributed by atoms with Crippen LogP contribution in [0.5, 0.6) is 0 Å². The van der Waals surface area contributed by atoms with Gasteiger partial charge in [-0.3, -0.25) is 4.79 Å². The highest BCUT2D eigenvalue weighted by Gasteiger charge is 2.39. The summed E-state index contributed by atoms with van der Waals surface area (Å²) < 4.78 is 0.445. The van der Waals surface area contributed by atoms with E-state index >= 15 is 0 Å². The Morgan fingerprint density at radius 1 is 1.03 bits per heavy atom. The Balaban J connectivity index is 1.72. The number of allylic oxidation sites excluding steroid dienone is 2. The van der Waals surface area contributed by atoms with Gasteiger partial charge < -0.3 is 0 Å². The molecule has 1 N–H and O–H groups in total. The van der Waals surface area contributed by atoms with Gasteiger partial charge in [-0.2, -0.15) is 9.81 Å². The quantitative estimate of drug-likeness (QED) is 0.581. The first kappa shape index (κ1) is 20.8. The summed E-state index contributed by atoms with van der Waals surface area (Å²) in [6, 6.07) is 16.1. The normalized spacial score (nSPS) is 18.4. The van der Waals surface area contributed by atoms with Gasteiger partial charge in [-0.05, 0) is 29.7 Å². The molecule has 0 saturated carbocycles. The number of nitrogens with zero attached hydrogens (tertiary/aromatic N) is 5. The minimum Gasteiger partial charge on any atom is -0.294 e. The molecule has 0 saturated heterocycles. The molecule has 7 heteroatoms. The van der Waals surface area contributed by atoms with Crippen molar-refractivity contribution in [1.82, 2.24) is 20.6 Å². The van der Waals surface area contributed by atoms with Crippen LogP contribution < -0.4 is 0 Å². The average molecular weight is 416 g/mol. The highest BCUT2D eigenvalue weighted by atomic mass is 16.1. The predicted octanol–water partition coefficient (Wildman–Crippen LogP) is 4.36. The van der Waals surface area contributed by atoms with Crippen molar-refractivity contribution in [3.05, 3.63) is 65.4 Å². The Bertz CT molecular complexity index is 1160. The van der Waals surface area contributed by atoms with Crippen molar-refractivity contribution in [3.63, 3.8) is 0 Å². The van der Waals surface area contributed by atoms with E-state index in [9.17, 15) is 4.79 Å². The van der Waals surface area contributed by atoms with Gasteiger partial charge in [-0.1, -0.05) is 67.0 Å². The molecule has 0 amide bonds. The van der Waals surface area contributed by atoms with Crippen LogP contribution in [-0.2, 0) is 4.79 Å². The third-order valence-corrected chi connectivity index (χ3v) is 5.92. The van der Waals surface area contributed by atoms with Crippen molar-refractivity contribution in [2.75, 3.05) is 13.6 Å². The number of hydrogen-bond acceptors (Lipinski definition) is 5. The van der Waals surface area contributed by atoms with Crippen LogP contribution in [0.2, 0.25) is 0 Å². The monoisotopic (exact) mass is 415 g/mol. The minimum absolute atomic E-state index is 0.0566. The number of H-pyrrole nitrogens is 1. The lowest BCUT2D eigenvalue weighted by atomic mass is 9.94. The summed E-state index contributed by atoms with van der Waals surface area (Å²) in [7, 11) is 2.08. The Kier molecular flexibility index (Phi) is 5.61. The molecule has 3 aromatic rings. The number of Topliss-reactive ketones (excluding diaryl/α,β-unsaturated/α-hetero) is 1. The molecule has 4 rings (SSSR count). The average Bonchev–Trinajstić information content (AvgIpc) is 3.40. The number of rotatable bonds is 7. The zero-order valence-electron chi connectivity index (χ0n) is 18.4. The van der Waals surface area contributed by atoms with Gasteiger partial charge in [0.25, 0.3) is 0 Å². The second-order valence-electron chi connectivity index (χ2n) is 8.04. The fourth-order valence-electron chi connectivity index (χ4n) is 4.08. The summed E-state index contributed by atoms with van der Waals surface area (Å²) in [4.78, 5) is 12.5. The molecule has 7 nitrogen and oxygen atoms in total. The van der Waals surface area contributed by atoms with Gasteiger partial charge in [0.05, 0.1) is 7.05 Å². The van der Waals surface area contributed by atoms with Crippen molar-refractivity contribution in [2.45, 2.75) is 33.6 Å². The number of nitrogens with one attached hydrogen (secondary N) is 1. The number of benzene rings is 2. The molecule has 0 fully saturated rings. The van der Waals surface area contributed by atoms with Crippen LogP contribution in [0.15, 0.2) is 64.9 Å². The lowest BCUT2D eigenvalue weighted by Gasteiger charge is -2.24. The van der Waals surface area contributed by atoms with Gasteiger partial charge in [0.1, 0.15) is 23.5 Å². The van der Waals surface area contributed by atoms with Gasteiger partial charge in [0.2, 0.25) is 5.82 Å². The Labute approximate surface area is 182 Å². The van der Waals surface area contributed by atoms with Crippen LogP contribution in [0.1, 0.15) is 39.2 Å². The van der Waals surface area contributed by atoms with Gasteiger partial charge in [0, 0.05) is 18.1 Å². The summed E-state index contributed by atoms with van der Waals surface area (Å²) in [5.41, 5.74) is 6.44. The number of ketones is 1. The van der Waals surface area contributed by atoms with Gasteiger partial charge >= 0.3 is 0 Å². The topological polar surface area (TPSA) is 83.9 Å². The predicted molar refractivity (Wildman–Crippen MR) is 121 cm³/mol. The van der Waals surface area contributed by atoms with E-state index in [-0.39, 0.29) is 5.78 Å². The van der Waals surface area contributed by atoms with Gasteiger partial charge in [-0.25, -0.2) is 0 Å². The van der Waals surface area contributed by atoms with E-state index in [2.05, 4.69) is 46.7 Å². The van der Waals surface area contributed by atoms with Crippen molar-refractivity contribution in [2.24, 2.45) is 5.10 Å². The van der Waals surface area contributed by atoms with E-state index in [1.54, 1.807) is 6.92 Å². The summed E-state index contributed by atoms with van der Waals surface area (Å²) in [6.45, 7) is 6.71. The smallest absolute Gasteiger partial charge is 0.205 e. The van der Waals surface area contributed by atoms with Crippen LogP contribution in [0, 0.1) is 0 Å². The number of quaternary nitrogens is 1. The SMILES string of the molecule is CCCC[N+]1(C)N=C(c2ccc(-c3ccccc3-c3nn[nH]n3)cc2)C(C(C)=O)=C1C. The molecular formula is C24H27N6O+. The molecule has 0 radical (unpaired) electrons. The lowest BCUT2D eigenvalue weighted by molar-refractivity contribution is -0.877. The number of aromatic nitrogens is 4. The van der Waals surface area contributed by atoms with Crippen LogP contribution >= 0.6 is 0 Å². The Hall–Kier alpha value is -3.45. The van der Waals surface area contributed by atoms with E-state index in [1.807, 2.05) is 43.3 Å². The Morgan fingerprint density at radius 2 is 1.71 bits per heavy atom. The Morgan fingerprint density at radius 3 is 2.32 bits per heavy atom. The molecule has 1 atom stereocenters. The molecular weight excluding hydrogens is 388 g/mol. The van der Waals surface area contributed by atoms with Gasteiger partial charge in [-0.15, -0.1) is 10.2 Å². The molecule has 1 unspecified atom stereocenters. The van der Waals surface area contributed by atoms with Crippen molar-refractivity contribution >= 4 is 11.5 Å². The molecule has 31 heavy (non-hydrogen) atoms. The van der Waals surface area contributed by atoms with Crippen molar-refractivity contribution in [1.29, 1.82) is 0 Å². The van der Waals surface area contributed by atoms with E-state index in [4.69, 9.17) is 5.10 Å². The van der Waals surface area contributed by atoms with E-state index in [0.717, 1.165) is 58.6 Å². The first-order valence-corrected chi connectivity index (χ1v) is 10.6. The molecule has 2 heterocycles. The lowest BCUT2D eigenvalue weighted by Crippen LogP contribution is -2.35. The van der Waals surface area contributed by atoms with Crippen LogP contribution in [0.4, 0.5) is 0 Å². The fraction of sp³-hybridized carbons (Fsp3) is 0.292. The van der Waals surface area contributed by atoms with Gasteiger partial charge in [0.15, 0.2) is 5.78 Å². The number of aromatic amines is 1. The molecule has 158 valence electrons. The zero-order valence-corrected chi connectivity index (χ0v) is 18.4. The van der Waals surface area contributed by atoms with Crippen LogP contribution in [0.3, 0.4) is 0 Å². The van der Waals surface area contributed by atoms with Crippen LogP contribution in [0.25, 0.3) is 22.5 Å². The van der Waals surface area contributed by atoms with E-state index < -0.39 is 0 Å². The first-order chi connectivity index (χ1) is 14.9. The largest absolute Gasteiger partial charge is 0.294 e. The summed E-state index contributed by atoms with van der Waals surface area (Å²) >= 11 is 0. The molecule has 1 aliphatic heterocycles. The zero-order chi connectivity index (χ0) is 22.0. The summed E-state index contributed by atoms with van der Waals surface area (Å²) in [5, 5.41) is 19.4. The highest BCUT2D eigenvalue weighted by Crippen LogP contribution is 2.33. The third kappa shape index (κ3) is 3.84. The molecule has 2 aromatic carbocycles. The maximum atomic E-state index is 12.5. The second-order valence-corrected chi connectivity index (χ2v) is 8.04. The van der Waals surface area contributed by atoms with E-state index in [0.29, 0.717) is 10.4 Å². The molecule has 0 spiro atoms. The summed E-state index contributed by atoms with van der Waals surface area (Å²) in [5.74, 6) is 0.613. The van der Waals surface area contributed by atoms with E-state index in [1.165, 1.54) is 0 Å². The molecule has 1 aromatic heterocycles. The second kappa shape index (κ2) is 8.35. The number of hydrogen-bond donors (Lipinski definition) is 1. The molecule has 0 bridgehead atoms. The number of unbranched alkanes of at least 4 members (excludes halogenated alkanes) is 1. The fourth-order valence-corrected chi connectivity index (χ4v) is 4.08. The maximum Gasteiger partial charge on any atom is 0.205 e. The maximum absolute atomic E-state index is 12.5. The number of tetrazole rings is 1. The van der Waals surface area contributed by atoms with Crippen molar-refractivity contribution in [3.8, 4) is 22.5 Å². The van der Waals surface area contributed by atoms with Crippen molar-refractivity contribution < 1.29 is 9.39 Å². The minimum atomic E-state index is 0.0566.